The summed E-state index contributed by atoms with van der Waals surface area (Å²) in [4.78, 5) is 14.0. The van der Waals surface area contributed by atoms with E-state index in [1.54, 1.807) is 13.8 Å². The summed E-state index contributed by atoms with van der Waals surface area (Å²) in [6.07, 6.45) is 10.9. The van der Waals surface area contributed by atoms with Crippen molar-refractivity contribution in [3.63, 3.8) is 0 Å². The largest absolute Gasteiger partial charge is 0.481 e. The molecule has 25 heavy (non-hydrogen) atoms. The van der Waals surface area contributed by atoms with Gasteiger partial charge in [-0.05, 0) is 50.8 Å². The summed E-state index contributed by atoms with van der Waals surface area (Å²) in [6.45, 7) is 7.02. The van der Waals surface area contributed by atoms with Gasteiger partial charge in [-0.2, -0.15) is 0 Å². The van der Waals surface area contributed by atoms with Gasteiger partial charge in [0.25, 0.3) is 0 Å². The van der Waals surface area contributed by atoms with Gasteiger partial charge in [0.2, 0.25) is 4.88 Å². The van der Waals surface area contributed by atoms with Crippen molar-refractivity contribution < 1.29 is 14.3 Å². The second-order valence-corrected chi connectivity index (χ2v) is 8.00. The number of rotatable bonds is 5. The van der Waals surface area contributed by atoms with Gasteiger partial charge >= 0.3 is 5.97 Å². The lowest BCUT2D eigenvalue weighted by atomic mass is 10.1. The molecule has 0 spiro atoms. The van der Waals surface area contributed by atoms with Crippen LogP contribution in [0.25, 0.3) is 4.90 Å². The highest BCUT2D eigenvalue weighted by Crippen LogP contribution is 2.38. The molecule has 0 saturated heterocycles. The van der Waals surface area contributed by atoms with E-state index in [2.05, 4.69) is 17.2 Å². The predicted molar refractivity (Wildman–Crippen MR) is 102 cm³/mol. The number of aryl methyl sites for hydroxylation is 2. The highest BCUT2D eigenvalue weighted by molar-refractivity contribution is 7.38. The highest BCUT2D eigenvalue weighted by atomic mass is 32.2. The third kappa shape index (κ3) is 4.44. The first-order chi connectivity index (χ1) is 11.8. The van der Waals surface area contributed by atoms with Crippen molar-refractivity contribution in [2.24, 2.45) is 0 Å². The van der Waals surface area contributed by atoms with Crippen LogP contribution in [0.15, 0.2) is 29.6 Å². The van der Waals surface area contributed by atoms with E-state index < -0.39 is 11.6 Å². The molecule has 1 unspecified atom stereocenters. The van der Waals surface area contributed by atoms with Crippen molar-refractivity contribution in [1.29, 1.82) is 0 Å². The molecule has 0 amide bonds. The van der Waals surface area contributed by atoms with E-state index in [0.29, 0.717) is 5.75 Å². The number of carbonyl (C=O) groups is 1. The second-order valence-electron chi connectivity index (χ2n) is 6.15. The number of esters is 1. The molecular formula is C21H21O3S+. The van der Waals surface area contributed by atoms with Crippen LogP contribution < -0.4 is 4.74 Å². The van der Waals surface area contributed by atoms with Gasteiger partial charge in [-0.25, -0.2) is 4.79 Å². The summed E-state index contributed by atoms with van der Waals surface area (Å²) in [7, 11) is -0.210. The maximum atomic E-state index is 11.9. The minimum absolute atomic E-state index is 0.187. The Morgan fingerprint density at radius 1 is 1.24 bits per heavy atom. The predicted octanol–water partition coefficient (Wildman–Crippen LogP) is 4.36. The topological polar surface area (TPSA) is 35.5 Å². The number of terminal acetylenes is 2. The monoisotopic (exact) mass is 353 g/mol. The smallest absolute Gasteiger partial charge is 0.345 e. The van der Waals surface area contributed by atoms with Crippen LogP contribution in [0.2, 0.25) is 0 Å². The lowest BCUT2D eigenvalue weighted by Gasteiger charge is -2.19. The molecule has 0 fully saturated rings. The van der Waals surface area contributed by atoms with Crippen LogP contribution in [-0.2, 0) is 9.53 Å². The third-order valence-corrected chi connectivity index (χ3v) is 5.48. The van der Waals surface area contributed by atoms with Crippen molar-refractivity contribution in [3.8, 4) is 35.3 Å². The minimum atomic E-state index is -0.942. The molecule has 0 bridgehead atoms. The quantitative estimate of drug-likeness (QED) is 0.455. The van der Waals surface area contributed by atoms with Gasteiger partial charge in [0.1, 0.15) is 11.1 Å². The Morgan fingerprint density at radius 2 is 1.88 bits per heavy atom. The maximum Gasteiger partial charge on any atom is 0.345 e. The van der Waals surface area contributed by atoms with E-state index in [-0.39, 0.29) is 17.1 Å². The Balaban J connectivity index is 2.18. The molecule has 0 aliphatic heterocycles. The lowest BCUT2D eigenvalue weighted by Crippen LogP contribution is -2.29. The molecule has 0 aliphatic rings. The Labute approximate surface area is 151 Å². The van der Waals surface area contributed by atoms with Gasteiger partial charge in [0.05, 0.1) is 0 Å². The molecule has 4 heteroatoms. The van der Waals surface area contributed by atoms with Crippen molar-refractivity contribution in [2.75, 3.05) is 6.61 Å². The SMILES string of the molecule is C#Cc1ccc[s+]1-c1cc(C)c(OCC(=O)OC(C)(C)C#C)c(C)c1. The normalized spacial score (nSPS) is 11.4. The van der Waals surface area contributed by atoms with Crippen molar-refractivity contribution in [3.05, 3.63) is 45.6 Å². The van der Waals surface area contributed by atoms with E-state index >= 15 is 0 Å². The lowest BCUT2D eigenvalue weighted by molar-refractivity contribution is -0.154. The van der Waals surface area contributed by atoms with E-state index in [1.165, 1.54) is 0 Å². The van der Waals surface area contributed by atoms with E-state index in [4.69, 9.17) is 22.3 Å². The zero-order valence-electron chi connectivity index (χ0n) is 14.9. The fraction of sp³-hybridized carbons (Fsp3) is 0.286. The molecule has 0 N–H and O–H groups in total. The van der Waals surface area contributed by atoms with Crippen LogP contribution in [0.3, 0.4) is 0 Å². The fourth-order valence-electron chi connectivity index (χ4n) is 2.41. The minimum Gasteiger partial charge on any atom is -0.481 e. The van der Waals surface area contributed by atoms with Crippen LogP contribution in [0.1, 0.15) is 29.9 Å². The molecule has 1 aromatic heterocycles. The molecule has 0 aliphatic carbocycles. The summed E-state index contributed by atoms with van der Waals surface area (Å²) >= 11 is 0. The Kier molecular flexibility index (Phi) is 5.57. The summed E-state index contributed by atoms with van der Waals surface area (Å²) in [5, 5.41) is 2.10. The number of benzene rings is 1. The average Bonchev–Trinajstić information content (AvgIpc) is 3.02. The van der Waals surface area contributed by atoms with Crippen LogP contribution >= 0.6 is 10.5 Å². The Morgan fingerprint density at radius 3 is 2.44 bits per heavy atom. The fourth-order valence-corrected chi connectivity index (χ4v) is 4.16. The van der Waals surface area contributed by atoms with Gasteiger partial charge in [-0.3, -0.25) is 0 Å². The van der Waals surface area contributed by atoms with Crippen molar-refractivity contribution in [2.45, 2.75) is 33.3 Å². The Bertz CT molecular complexity index is 852. The van der Waals surface area contributed by atoms with Crippen LogP contribution in [0, 0.1) is 38.5 Å². The molecule has 1 aromatic carbocycles. The second kappa shape index (κ2) is 7.47. The number of thiophene rings is 1. The molecule has 0 saturated carbocycles. The molecule has 2 rings (SSSR count). The first-order valence-corrected chi connectivity index (χ1v) is 9.08. The van der Waals surface area contributed by atoms with Gasteiger partial charge in [0.15, 0.2) is 17.1 Å². The number of ether oxygens (including phenoxy) is 2. The number of hydrogen-bond donors (Lipinski definition) is 0. The zero-order valence-corrected chi connectivity index (χ0v) is 15.7. The Hall–Kier alpha value is -2.69. The summed E-state index contributed by atoms with van der Waals surface area (Å²) in [6, 6.07) is 8.03. The van der Waals surface area contributed by atoms with Crippen LogP contribution in [-0.4, -0.2) is 18.2 Å². The standard InChI is InChI=1S/C21H21O3S/c1-7-17-10-9-11-25(17)18-12-15(3)20(16(4)13-18)23-14-19(22)24-21(5,6)8-2/h1-2,9-13H,14H2,3-6H3/q+1. The number of hydrogen-bond acceptors (Lipinski definition) is 3. The molecule has 0 radical (unpaired) electrons. The summed E-state index contributed by atoms with van der Waals surface area (Å²) in [5.41, 5.74) is 0.953. The average molecular weight is 353 g/mol. The van der Waals surface area contributed by atoms with Crippen LogP contribution in [0.5, 0.6) is 5.75 Å². The van der Waals surface area contributed by atoms with E-state index in [9.17, 15) is 4.79 Å². The molecule has 128 valence electrons. The zero-order chi connectivity index (χ0) is 18.6. The summed E-state index contributed by atoms with van der Waals surface area (Å²) < 4.78 is 10.9. The molecule has 3 nitrogen and oxygen atoms in total. The van der Waals surface area contributed by atoms with Gasteiger partial charge in [-0.1, -0.05) is 5.92 Å². The van der Waals surface area contributed by atoms with Gasteiger partial charge < -0.3 is 9.47 Å². The van der Waals surface area contributed by atoms with Crippen molar-refractivity contribution in [1.82, 2.24) is 0 Å². The van der Waals surface area contributed by atoms with E-state index in [0.717, 1.165) is 20.9 Å². The first kappa shape index (κ1) is 18.6. The van der Waals surface area contributed by atoms with Crippen molar-refractivity contribution >= 4 is 16.4 Å². The van der Waals surface area contributed by atoms with E-state index in [1.807, 2.05) is 38.1 Å². The third-order valence-electron chi connectivity index (χ3n) is 3.58. The first-order valence-electron chi connectivity index (χ1n) is 7.79. The highest BCUT2D eigenvalue weighted by Gasteiger charge is 2.21. The maximum absolute atomic E-state index is 11.9. The number of carbonyl (C=O) groups excluding carboxylic acids is 1. The summed E-state index contributed by atoms with van der Waals surface area (Å²) in [5.74, 6) is 5.33. The van der Waals surface area contributed by atoms with Gasteiger partial charge in [0, 0.05) is 28.7 Å². The van der Waals surface area contributed by atoms with Gasteiger partial charge in [-0.15, -0.1) is 12.8 Å². The molecular weight excluding hydrogens is 332 g/mol. The molecule has 1 heterocycles. The molecule has 2 aromatic rings. The van der Waals surface area contributed by atoms with Crippen LogP contribution in [0.4, 0.5) is 0 Å². The molecule has 1 atom stereocenters.